The van der Waals surface area contributed by atoms with Gasteiger partial charge in [0.25, 0.3) is 5.91 Å². The van der Waals surface area contributed by atoms with Crippen molar-refractivity contribution in [3.8, 4) is 0 Å². The van der Waals surface area contributed by atoms with E-state index in [1.165, 1.54) is 0 Å². The molecule has 172 valence electrons. The van der Waals surface area contributed by atoms with Crippen molar-refractivity contribution in [3.05, 3.63) is 0 Å². The van der Waals surface area contributed by atoms with Gasteiger partial charge >= 0.3 is 0 Å². The number of carbonyl (C=O) groups is 2. The summed E-state index contributed by atoms with van der Waals surface area (Å²) in [7, 11) is 0. The Kier molecular flexibility index (Phi) is 15.6. The Hall–Kier alpha value is -1.42. The molecule has 0 aliphatic carbocycles. The molecule has 2 amide bonds. The first-order valence-electron chi connectivity index (χ1n) is 9.26. The minimum Gasteiger partial charge on any atom is -0.396 e. The van der Waals surface area contributed by atoms with Gasteiger partial charge in [-0.05, 0) is 6.42 Å². The third-order valence-electron chi connectivity index (χ3n) is 3.91. The van der Waals surface area contributed by atoms with Gasteiger partial charge in [0.15, 0.2) is 12.2 Å². The first-order chi connectivity index (χ1) is 13.8. The lowest BCUT2D eigenvalue weighted by Crippen LogP contribution is -2.49. The Balaban J connectivity index is 3.88. The van der Waals surface area contributed by atoms with Crippen LogP contribution in [-0.4, -0.2) is 118 Å². The largest absolute Gasteiger partial charge is 0.396 e. The summed E-state index contributed by atoms with van der Waals surface area (Å²) in [5.74, 6) is -1.30. The summed E-state index contributed by atoms with van der Waals surface area (Å²) in [6, 6.07) is 0. The standard InChI is InChI=1S/C16H33N3O10/c20-6-1-12(24)15(29-28)14(26)16(27)19-5-3-17-2-4-18-13(25)8-10(22)7-11(23)9-21/h10-12,14-15,17,20-24,26,28H,1-9H2,(H,18,25)(H,19,27)/t10-,11-,12+,14+,15-/m0/s1. The summed E-state index contributed by atoms with van der Waals surface area (Å²) in [4.78, 5) is 27.2. The lowest BCUT2D eigenvalue weighted by molar-refractivity contribution is -0.312. The summed E-state index contributed by atoms with van der Waals surface area (Å²) in [5, 5.41) is 72.0. The molecule has 13 nitrogen and oxygen atoms in total. The first-order valence-corrected chi connectivity index (χ1v) is 9.26. The van der Waals surface area contributed by atoms with Crippen LogP contribution in [0.3, 0.4) is 0 Å². The first kappa shape index (κ1) is 27.6. The Morgan fingerprint density at radius 3 is 2.07 bits per heavy atom. The van der Waals surface area contributed by atoms with Crippen LogP contribution in [0.5, 0.6) is 0 Å². The number of aliphatic hydroxyl groups excluding tert-OH is 6. The number of aliphatic hydroxyl groups is 6. The lowest BCUT2D eigenvalue weighted by atomic mass is 10.1. The zero-order valence-corrected chi connectivity index (χ0v) is 16.1. The smallest absolute Gasteiger partial charge is 0.251 e. The minimum absolute atomic E-state index is 0.104. The van der Waals surface area contributed by atoms with E-state index in [0.29, 0.717) is 13.1 Å². The summed E-state index contributed by atoms with van der Waals surface area (Å²) in [6.45, 7) is 0.0986. The number of hydrogen-bond acceptors (Lipinski definition) is 11. The molecule has 0 rings (SSSR count). The Labute approximate surface area is 168 Å². The van der Waals surface area contributed by atoms with Gasteiger partial charge in [-0.25, -0.2) is 4.89 Å². The molecule has 10 N–H and O–H groups in total. The van der Waals surface area contributed by atoms with E-state index in [1.54, 1.807) is 0 Å². The molecule has 0 heterocycles. The van der Waals surface area contributed by atoms with Gasteiger partial charge in [0.1, 0.15) is 0 Å². The second kappa shape index (κ2) is 16.4. The maximum absolute atomic E-state index is 11.8. The maximum atomic E-state index is 11.8. The van der Waals surface area contributed by atoms with Crippen LogP contribution in [0.1, 0.15) is 19.3 Å². The normalized spacial score (nSPS) is 16.5. The molecule has 0 aromatic heterocycles. The van der Waals surface area contributed by atoms with Gasteiger partial charge in [-0.3, -0.25) is 14.8 Å². The van der Waals surface area contributed by atoms with E-state index in [2.05, 4.69) is 20.8 Å². The molecular formula is C16H33N3O10. The second-order valence-corrected chi connectivity index (χ2v) is 6.42. The lowest BCUT2D eigenvalue weighted by Gasteiger charge is -2.23. The van der Waals surface area contributed by atoms with Crippen molar-refractivity contribution in [2.75, 3.05) is 39.4 Å². The molecule has 0 unspecified atom stereocenters. The zero-order valence-electron chi connectivity index (χ0n) is 16.1. The van der Waals surface area contributed by atoms with E-state index in [9.17, 15) is 24.9 Å². The molecule has 0 bridgehead atoms. The molecule has 0 saturated carbocycles. The van der Waals surface area contributed by atoms with Crippen LogP contribution < -0.4 is 16.0 Å². The van der Waals surface area contributed by atoms with Gasteiger partial charge in [-0.2, -0.15) is 0 Å². The van der Waals surface area contributed by atoms with Crippen LogP contribution in [0, 0.1) is 0 Å². The van der Waals surface area contributed by atoms with E-state index >= 15 is 0 Å². The van der Waals surface area contributed by atoms with Crippen molar-refractivity contribution in [1.29, 1.82) is 0 Å². The number of nitrogens with one attached hydrogen (secondary N) is 3. The summed E-state index contributed by atoms with van der Waals surface area (Å²) in [5.41, 5.74) is 0. The Bertz CT molecular complexity index is 457. The molecule has 5 atom stereocenters. The van der Waals surface area contributed by atoms with Crippen molar-refractivity contribution < 1.29 is 50.4 Å². The molecule has 0 spiro atoms. The SMILES string of the molecule is O=C(C[C@@H](O)C[C@H](O)CO)NCCNCCNC(=O)[C@H](O)[C@@H](OO)[C@H](O)CCO. The van der Waals surface area contributed by atoms with Crippen LogP contribution in [0.25, 0.3) is 0 Å². The molecule has 0 aromatic carbocycles. The summed E-state index contributed by atoms with van der Waals surface area (Å²) < 4.78 is 0. The van der Waals surface area contributed by atoms with Gasteiger partial charge in [-0.15, -0.1) is 0 Å². The zero-order chi connectivity index (χ0) is 22.2. The molecular weight excluding hydrogens is 394 g/mol. The van der Waals surface area contributed by atoms with Crippen molar-refractivity contribution in [3.63, 3.8) is 0 Å². The van der Waals surface area contributed by atoms with Crippen molar-refractivity contribution in [1.82, 2.24) is 16.0 Å². The van der Waals surface area contributed by atoms with E-state index in [0.717, 1.165) is 0 Å². The van der Waals surface area contributed by atoms with Crippen molar-refractivity contribution in [2.45, 2.75) is 49.8 Å². The highest BCUT2D eigenvalue weighted by Crippen LogP contribution is 2.08. The molecule has 0 radical (unpaired) electrons. The predicted octanol–water partition coefficient (Wildman–Crippen LogP) is -4.73. The number of amides is 2. The maximum Gasteiger partial charge on any atom is 0.251 e. The Morgan fingerprint density at radius 1 is 0.897 bits per heavy atom. The third-order valence-corrected chi connectivity index (χ3v) is 3.91. The van der Waals surface area contributed by atoms with E-state index < -0.39 is 55.5 Å². The van der Waals surface area contributed by atoms with Crippen LogP contribution in [0.15, 0.2) is 0 Å². The van der Waals surface area contributed by atoms with Crippen LogP contribution in [0.4, 0.5) is 0 Å². The van der Waals surface area contributed by atoms with Gasteiger partial charge in [-0.1, -0.05) is 0 Å². The molecule has 0 fully saturated rings. The number of carbonyl (C=O) groups excluding carboxylic acids is 2. The second-order valence-electron chi connectivity index (χ2n) is 6.42. The average molecular weight is 427 g/mol. The molecule has 0 aliphatic heterocycles. The fraction of sp³-hybridized carbons (Fsp3) is 0.875. The number of rotatable bonds is 17. The van der Waals surface area contributed by atoms with E-state index in [-0.39, 0.29) is 32.4 Å². The fourth-order valence-electron chi connectivity index (χ4n) is 2.34. The quantitative estimate of drug-likeness (QED) is 0.0603. The van der Waals surface area contributed by atoms with Gasteiger partial charge in [0.05, 0.1) is 31.3 Å². The monoisotopic (exact) mass is 427 g/mol. The van der Waals surface area contributed by atoms with E-state index in [4.69, 9.17) is 20.6 Å². The highest BCUT2D eigenvalue weighted by atomic mass is 17.1. The predicted molar refractivity (Wildman–Crippen MR) is 98.4 cm³/mol. The molecule has 29 heavy (non-hydrogen) atoms. The molecule has 13 heteroatoms. The van der Waals surface area contributed by atoms with E-state index in [1.807, 2.05) is 0 Å². The highest BCUT2D eigenvalue weighted by molar-refractivity contribution is 5.81. The Morgan fingerprint density at radius 2 is 1.52 bits per heavy atom. The highest BCUT2D eigenvalue weighted by Gasteiger charge is 2.33. The van der Waals surface area contributed by atoms with Crippen LogP contribution in [0.2, 0.25) is 0 Å². The number of hydrogen-bond donors (Lipinski definition) is 10. The summed E-state index contributed by atoms with van der Waals surface area (Å²) >= 11 is 0. The molecule has 0 saturated heterocycles. The van der Waals surface area contributed by atoms with Crippen LogP contribution >= 0.6 is 0 Å². The van der Waals surface area contributed by atoms with Crippen molar-refractivity contribution in [2.24, 2.45) is 0 Å². The fourth-order valence-corrected chi connectivity index (χ4v) is 2.34. The minimum atomic E-state index is -1.84. The van der Waals surface area contributed by atoms with Gasteiger partial charge in [0, 0.05) is 39.2 Å². The topological polar surface area (TPSA) is 221 Å². The summed E-state index contributed by atoms with van der Waals surface area (Å²) in [6.07, 6.45) is -7.51. The molecule has 0 aliphatic rings. The molecule has 0 aromatic rings. The van der Waals surface area contributed by atoms with Gasteiger partial charge in [0.2, 0.25) is 5.91 Å². The van der Waals surface area contributed by atoms with Gasteiger partial charge < -0.3 is 46.6 Å². The average Bonchev–Trinajstić information content (AvgIpc) is 2.67. The van der Waals surface area contributed by atoms with Crippen molar-refractivity contribution >= 4 is 11.8 Å². The third kappa shape index (κ3) is 12.7. The van der Waals surface area contributed by atoms with Crippen LogP contribution in [-0.2, 0) is 14.5 Å².